The molecule has 1 aliphatic heterocycles. The van der Waals surface area contributed by atoms with E-state index >= 15 is 0 Å². The van der Waals surface area contributed by atoms with E-state index < -0.39 is 0 Å². The molecule has 0 aromatic carbocycles. The van der Waals surface area contributed by atoms with Crippen molar-refractivity contribution in [1.82, 2.24) is 15.1 Å². The molecule has 1 saturated heterocycles. The fraction of sp³-hybridized carbons (Fsp3) is 0.733. The zero-order valence-corrected chi connectivity index (χ0v) is 13.0. The van der Waals surface area contributed by atoms with E-state index in [1.165, 1.54) is 0 Å². The first-order chi connectivity index (χ1) is 10.2. The highest BCUT2D eigenvalue weighted by Crippen LogP contribution is 2.17. The molecule has 118 valence electrons. The molecule has 2 amide bonds. The second-order valence-corrected chi connectivity index (χ2v) is 5.62. The van der Waals surface area contributed by atoms with E-state index in [-0.39, 0.29) is 12.1 Å². The number of aromatic nitrogens is 2. The third kappa shape index (κ3) is 5.04. The van der Waals surface area contributed by atoms with Gasteiger partial charge in [0.2, 0.25) is 0 Å². The minimum atomic E-state index is -0.158. The summed E-state index contributed by atoms with van der Waals surface area (Å²) in [7, 11) is 0. The molecule has 6 nitrogen and oxygen atoms in total. The minimum absolute atomic E-state index is 0.158. The van der Waals surface area contributed by atoms with Gasteiger partial charge in [-0.2, -0.15) is 5.10 Å². The van der Waals surface area contributed by atoms with E-state index in [1.807, 2.05) is 10.9 Å². The average Bonchev–Trinajstić information content (AvgIpc) is 2.92. The van der Waals surface area contributed by atoms with Crippen molar-refractivity contribution >= 4 is 11.7 Å². The molecule has 0 unspecified atom stereocenters. The molecule has 1 aromatic heterocycles. The van der Waals surface area contributed by atoms with Gasteiger partial charge in [-0.15, -0.1) is 0 Å². The van der Waals surface area contributed by atoms with Gasteiger partial charge in [0.25, 0.3) is 0 Å². The largest absolute Gasteiger partial charge is 0.381 e. The second-order valence-electron chi connectivity index (χ2n) is 5.62. The Morgan fingerprint density at radius 3 is 2.81 bits per heavy atom. The number of rotatable bonds is 6. The summed E-state index contributed by atoms with van der Waals surface area (Å²) < 4.78 is 7.26. The second kappa shape index (κ2) is 8.02. The minimum Gasteiger partial charge on any atom is -0.381 e. The number of ether oxygens (including phenoxy) is 1. The highest BCUT2D eigenvalue weighted by molar-refractivity contribution is 5.89. The Kier molecular flexibility index (Phi) is 6.04. The quantitative estimate of drug-likeness (QED) is 0.847. The van der Waals surface area contributed by atoms with Crippen molar-refractivity contribution in [3.8, 4) is 0 Å². The maximum absolute atomic E-state index is 11.9. The van der Waals surface area contributed by atoms with Gasteiger partial charge in [-0.3, -0.25) is 4.68 Å². The van der Waals surface area contributed by atoms with E-state index in [0.29, 0.717) is 5.92 Å². The van der Waals surface area contributed by atoms with Crippen LogP contribution in [-0.2, 0) is 11.3 Å². The number of carbonyl (C=O) groups excluding carboxylic acids is 1. The van der Waals surface area contributed by atoms with Crippen LogP contribution in [0.4, 0.5) is 10.5 Å². The van der Waals surface area contributed by atoms with Gasteiger partial charge in [0.1, 0.15) is 0 Å². The van der Waals surface area contributed by atoms with E-state index in [4.69, 9.17) is 4.74 Å². The van der Waals surface area contributed by atoms with Gasteiger partial charge in [0.05, 0.1) is 11.9 Å². The van der Waals surface area contributed by atoms with Gasteiger partial charge in [-0.05, 0) is 31.6 Å². The summed E-state index contributed by atoms with van der Waals surface area (Å²) >= 11 is 0. The van der Waals surface area contributed by atoms with Crippen LogP contribution in [0, 0.1) is 5.92 Å². The van der Waals surface area contributed by atoms with Crippen molar-refractivity contribution < 1.29 is 9.53 Å². The van der Waals surface area contributed by atoms with Crippen LogP contribution in [0.1, 0.15) is 39.5 Å². The van der Waals surface area contributed by atoms with E-state index in [1.54, 1.807) is 6.20 Å². The number of nitrogens with zero attached hydrogens (tertiary/aromatic N) is 2. The SMILES string of the molecule is CCC(CC)NC(=O)Nc1cnn(CC2CCOCC2)c1. The first-order valence-corrected chi connectivity index (χ1v) is 7.89. The zero-order chi connectivity index (χ0) is 15.1. The predicted molar refractivity (Wildman–Crippen MR) is 82.3 cm³/mol. The number of nitrogens with one attached hydrogen (secondary N) is 2. The van der Waals surface area contributed by atoms with Gasteiger partial charge < -0.3 is 15.4 Å². The summed E-state index contributed by atoms with van der Waals surface area (Å²) in [6.07, 6.45) is 7.63. The molecule has 0 saturated carbocycles. The third-order valence-corrected chi connectivity index (χ3v) is 4.00. The summed E-state index contributed by atoms with van der Waals surface area (Å²) in [5.74, 6) is 0.616. The van der Waals surface area contributed by atoms with Gasteiger partial charge in [-0.25, -0.2) is 4.79 Å². The van der Waals surface area contributed by atoms with Crippen LogP contribution >= 0.6 is 0 Å². The Morgan fingerprint density at radius 2 is 2.14 bits per heavy atom. The topological polar surface area (TPSA) is 68.2 Å². The van der Waals surface area contributed by atoms with Crippen molar-refractivity contribution in [2.75, 3.05) is 18.5 Å². The standard InChI is InChI=1S/C15H26N4O2/c1-3-13(4-2)17-15(20)18-14-9-16-19(11-14)10-12-5-7-21-8-6-12/h9,11-13H,3-8,10H2,1-2H3,(H2,17,18,20). The molecule has 0 spiro atoms. The third-order valence-electron chi connectivity index (χ3n) is 4.00. The van der Waals surface area contributed by atoms with Gasteiger partial charge in [0.15, 0.2) is 0 Å². The maximum atomic E-state index is 11.9. The average molecular weight is 294 g/mol. The van der Waals surface area contributed by atoms with Crippen LogP contribution in [0.5, 0.6) is 0 Å². The lowest BCUT2D eigenvalue weighted by atomic mass is 10.0. The van der Waals surface area contributed by atoms with Crippen molar-refractivity contribution in [2.45, 2.75) is 52.1 Å². The summed E-state index contributed by atoms with van der Waals surface area (Å²) in [6.45, 7) is 6.71. The van der Waals surface area contributed by atoms with E-state index in [2.05, 4.69) is 29.6 Å². The van der Waals surface area contributed by atoms with Crippen molar-refractivity contribution in [1.29, 1.82) is 0 Å². The molecule has 1 aliphatic rings. The van der Waals surface area contributed by atoms with Gasteiger partial charge in [0, 0.05) is 32.0 Å². The lowest BCUT2D eigenvalue weighted by Gasteiger charge is -2.21. The highest BCUT2D eigenvalue weighted by Gasteiger charge is 2.15. The molecule has 1 fully saturated rings. The van der Waals surface area contributed by atoms with Gasteiger partial charge in [-0.1, -0.05) is 13.8 Å². The fourth-order valence-corrected chi connectivity index (χ4v) is 2.57. The molecule has 0 radical (unpaired) electrons. The molecule has 1 aromatic rings. The number of carbonyl (C=O) groups is 1. The Labute approximate surface area is 126 Å². The Bertz CT molecular complexity index is 437. The molecule has 21 heavy (non-hydrogen) atoms. The van der Waals surface area contributed by atoms with Crippen LogP contribution in [0.3, 0.4) is 0 Å². The lowest BCUT2D eigenvalue weighted by molar-refractivity contribution is 0.0601. The fourth-order valence-electron chi connectivity index (χ4n) is 2.57. The van der Waals surface area contributed by atoms with Crippen LogP contribution in [-0.4, -0.2) is 35.1 Å². The number of amides is 2. The van der Waals surface area contributed by atoms with Crippen molar-refractivity contribution in [3.05, 3.63) is 12.4 Å². The Hall–Kier alpha value is -1.56. The van der Waals surface area contributed by atoms with Crippen LogP contribution in [0.2, 0.25) is 0 Å². The molecule has 0 bridgehead atoms. The molecular weight excluding hydrogens is 268 g/mol. The van der Waals surface area contributed by atoms with E-state index in [9.17, 15) is 4.79 Å². The van der Waals surface area contributed by atoms with E-state index in [0.717, 1.165) is 51.1 Å². The first-order valence-electron chi connectivity index (χ1n) is 7.89. The smallest absolute Gasteiger partial charge is 0.319 e. The zero-order valence-electron chi connectivity index (χ0n) is 13.0. The maximum Gasteiger partial charge on any atom is 0.319 e. The molecular formula is C15H26N4O2. The molecule has 0 aliphatic carbocycles. The Balaban J connectivity index is 1.80. The van der Waals surface area contributed by atoms with Crippen LogP contribution in [0.15, 0.2) is 12.4 Å². The predicted octanol–water partition coefficient (Wildman–Crippen LogP) is 2.62. The molecule has 2 heterocycles. The van der Waals surface area contributed by atoms with Crippen molar-refractivity contribution in [3.63, 3.8) is 0 Å². The van der Waals surface area contributed by atoms with Crippen LogP contribution < -0.4 is 10.6 Å². The lowest BCUT2D eigenvalue weighted by Crippen LogP contribution is -2.37. The molecule has 2 rings (SSSR count). The number of urea groups is 1. The summed E-state index contributed by atoms with van der Waals surface area (Å²) in [4.78, 5) is 11.9. The molecule has 6 heteroatoms. The van der Waals surface area contributed by atoms with Gasteiger partial charge >= 0.3 is 6.03 Å². The summed E-state index contributed by atoms with van der Waals surface area (Å²) in [5.41, 5.74) is 0.741. The number of hydrogen-bond acceptors (Lipinski definition) is 3. The first kappa shape index (κ1) is 15.8. The van der Waals surface area contributed by atoms with Crippen molar-refractivity contribution in [2.24, 2.45) is 5.92 Å². The highest BCUT2D eigenvalue weighted by atomic mass is 16.5. The summed E-state index contributed by atoms with van der Waals surface area (Å²) in [5, 5.41) is 10.1. The molecule has 2 N–H and O–H groups in total. The van der Waals surface area contributed by atoms with Crippen LogP contribution in [0.25, 0.3) is 0 Å². The number of anilines is 1. The summed E-state index contributed by atoms with van der Waals surface area (Å²) in [6, 6.07) is 0.0663. The number of hydrogen-bond donors (Lipinski definition) is 2. The normalized spacial score (nSPS) is 16.1. The monoisotopic (exact) mass is 294 g/mol. The Morgan fingerprint density at radius 1 is 1.43 bits per heavy atom. The molecule has 0 atom stereocenters.